The molecule has 0 aromatic heterocycles. The van der Waals surface area contributed by atoms with Crippen LogP contribution in [0.5, 0.6) is 0 Å². The Bertz CT molecular complexity index is 455. The average molecular weight is 262 g/mol. The molecule has 1 fully saturated rings. The van der Waals surface area contributed by atoms with E-state index in [4.69, 9.17) is 0 Å². The van der Waals surface area contributed by atoms with Crippen LogP contribution in [0, 0.1) is 15.5 Å². The lowest BCUT2D eigenvalue weighted by Gasteiger charge is -2.21. The zero-order chi connectivity index (χ0) is 13.9. The summed E-state index contributed by atoms with van der Waals surface area (Å²) in [6, 6.07) is 7.23. The monoisotopic (exact) mass is 262 g/mol. The van der Waals surface area contributed by atoms with E-state index >= 15 is 0 Å². The van der Waals surface area contributed by atoms with Gasteiger partial charge in [0.15, 0.2) is 0 Å². The molecule has 1 unspecified atom stereocenters. The Morgan fingerprint density at radius 1 is 1.47 bits per heavy atom. The first-order valence-corrected chi connectivity index (χ1v) is 7.02. The van der Waals surface area contributed by atoms with Crippen molar-refractivity contribution in [3.63, 3.8) is 0 Å². The van der Waals surface area contributed by atoms with Crippen LogP contribution in [0.4, 0.5) is 5.69 Å². The molecule has 0 heterocycles. The summed E-state index contributed by atoms with van der Waals surface area (Å²) in [5, 5.41) is 14.4. The van der Waals surface area contributed by atoms with E-state index in [1.807, 2.05) is 6.07 Å². The minimum Gasteiger partial charge on any atom is -0.309 e. The summed E-state index contributed by atoms with van der Waals surface area (Å²) in [6.45, 7) is 5.43. The molecule has 4 nitrogen and oxygen atoms in total. The number of rotatable bonds is 7. The molecule has 104 valence electrons. The van der Waals surface area contributed by atoms with Crippen molar-refractivity contribution in [2.75, 3.05) is 6.54 Å². The Balaban J connectivity index is 2.08. The molecule has 19 heavy (non-hydrogen) atoms. The third kappa shape index (κ3) is 3.77. The topological polar surface area (TPSA) is 55.2 Å². The number of non-ortho nitro benzene ring substituents is 1. The number of nitro groups is 1. The van der Waals surface area contributed by atoms with Crippen LogP contribution in [0.2, 0.25) is 0 Å². The molecule has 2 rings (SSSR count). The quantitative estimate of drug-likeness (QED) is 0.600. The standard InChI is InChI=1S/C15H22N2O2/c1-3-5-14(16-11-15(2)8-9-15)12-6-4-7-13(10-12)17(18)19/h4,6-7,10,14,16H,3,5,8-9,11H2,1-2H3. The van der Waals surface area contributed by atoms with Gasteiger partial charge in [-0.2, -0.15) is 0 Å². The highest BCUT2D eigenvalue weighted by Gasteiger charge is 2.37. The maximum absolute atomic E-state index is 10.8. The number of nitro benzene ring substituents is 1. The van der Waals surface area contributed by atoms with E-state index in [1.165, 1.54) is 12.8 Å². The van der Waals surface area contributed by atoms with Gasteiger partial charge in [0.05, 0.1) is 4.92 Å². The van der Waals surface area contributed by atoms with Crippen LogP contribution in [0.1, 0.15) is 51.1 Å². The van der Waals surface area contributed by atoms with Crippen molar-refractivity contribution < 1.29 is 4.92 Å². The second kappa shape index (κ2) is 5.70. The molecule has 1 aromatic rings. The Kier molecular flexibility index (Phi) is 4.20. The van der Waals surface area contributed by atoms with Gasteiger partial charge in [-0.05, 0) is 30.2 Å². The molecular formula is C15H22N2O2. The van der Waals surface area contributed by atoms with Gasteiger partial charge < -0.3 is 5.32 Å². The molecule has 0 saturated heterocycles. The lowest BCUT2D eigenvalue weighted by Crippen LogP contribution is -2.27. The molecule has 1 N–H and O–H groups in total. The van der Waals surface area contributed by atoms with Crippen LogP contribution in [0.3, 0.4) is 0 Å². The molecule has 0 spiro atoms. The van der Waals surface area contributed by atoms with E-state index in [-0.39, 0.29) is 16.7 Å². The highest BCUT2D eigenvalue weighted by molar-refractivity contribution is 5.35. The Morgan fingerprint density at radius 3 is 2.79 bits per heavy atom. The minimum absolute atomic E-state index is 0.179. The normalized spacial score (nSPS) is 18.0. The summed E-state index contributed by atoms with van der Waals surface area (Å²) >= 11 is 0. The number of nitrogens with zero attached hydrogens (tertiary/aromatic N) is 1. The zero-order valence-corrected chi connectivity index (χ0v) is 11.7. The third-order valence-electron chi connectivity index (χ3n) is 3.94. The van der Waals surface area contributed by atoms with Gasteiger partial charge in [-0.25, -0.2) is 0 Å². The van der Waals surface area contributed by atoms with Crippen molar-refractivity contribution in [3.05, 3.63) is 39.9 Å². The van der Waals surface area contributed by atoms with E-state index in [0.717, 1.165) is 24.9 Å². The van der Waals surface area contributed by atoms with Gasteiger partial charge in [0, 0.05) is 24.7 Å². The predicted molar refractivity (Wildman–Crippen MR) is 76.1 cm³/mol. The average Bonchev–Trinajstić information content (AvgIpc) is 3.13. The molecular weight excluding hydrogens is 240 g/mol. The first-order valence-electron chi connectivity index (χ1n) is 7.02. The highest BCUT2D eigenvalue weighted by atomic mass is 16.6. The molecule has 0 bridgehead atoms. The van der Waals surface area contributed by atoms with Gasteiger partial charge >= 0.3 is 0 Å². The fourth-order valence-electron chi connectivity index (χ4n) is 2.29. The highest BCUT2D eigenvalue weighted by Crippen LogP contribution is 2.44. The van der Waals surface area contributed by atoms with Crippen LogP contribution in [-0.4, -0.2) is 11.5 Å². The summed E-state index contributed by atoms with van der Waals surface area (Å²) in [5.74, 6) is 0. The number of benzene rings is 1. The van der Waals surface area contributed by atoms with Crippen LogP contribution >= 0.6 is 0 Å². The number of nitrogens with one attached hydrogen (secondary N) is 1. The van der Waals surface area contributed by atoms with Gasteiger partial charge in [-0.15, -0.1) is 0 Å². The largest absolute Gasteiger partial charge is 0.309 e. The summed E-state index contributed by atoms with van der Waals surface area (Å²) in [6.07, 6.45) is 4.65. The van der Waals surface area contributed by atoms with E-state index in [2.05, 4.69) is 19.2 Å². The molecule has 1 saturated carbocycles. The summed E-state index contributed by atoms with van der Waals surface area (Å²) in [5.41, 5.74) is 1.66. The van der Waals surface area contributed by atoms with Crippen molar-refractivity contribution >= 4 is 5.69 Å². The SMILES string of the molecule is CCCC(NCC1(C)CC1)c1cccc([N+](=O)[O-])c1. The van der Waals surface area contributed by atoms with E-state index in [1.54, 1.807) is 18.2 Å². The van der Waals surface area contributed by atoms with Crippen molar-refractivity contribution in [1.29, 1.82) is 0 Å². The van der Waals surface area contributed by atoms with E-state index < -0.39 is 0 Å². The number of hydrogen-bond donors (Lipinski definition) is 1. The lowest BCUT2D eigenvalue weighted by atomic mass is 10.0. The fraction of sp³-hybridized carbons (Fsp3) is 0.600. The Morgan fingerprint density at radius 2 is 2.21 bits per heavy atom. The lowest BCUT2D eigenvalue weighted by molar-refractivity contribution is -0.384. The Labute approximate surface area is 114 Å². The zero-order valence-electron chi connectivity index (χ0n) is 11.7. The molecule has 0 aliphatic heterocycles. The summed E-state index contributed by atoms with van der Waals surface area (Å²) in [4.78, 5) is 10.5. The van der Waals surface area contributed by atoms with Crippen molar-refractivity contribution in [3.8, 4) is 0 Å². The molecule has 1 atom stereocenters. The van der Waals surface area contributed by atoms with Gasteiger partial charge in [0.25, 0.3) is 5.69 Å². The first kappa shape index (κ1) is 14.0. The van der Waals surface area contributed by atoms with Crippen LogP contribution in [0.25, 0.3) is 0 Å². The Hall–Kier alpha value is -1.42. The fourth-order valence-corrected chi connectivity index (χ4v) is 2.29. The predicted octanol–water partition coefficient (Wildman–Crippen LogP) is 3.83. The molecule has 1 aromatic carbocycles. The summed E-state index contributed by atoms with van der Waals surface area (Å²) < 4.78 is 0. The first-order chi connectivity index (χ1) is 9.04. The van der Waals surface area contributed by atoms with Crippen molar-refractivity contribution in [2.24, 2.45) is 5.41 Å². The second-order valence-electron chi connectivity index (χ2n) is 5.88. The smallest absolute Gasteiger partial charge is 0.269 e. The van der Waals surface area contributed by atoms with Crippen molar-refractivity contribution in [1.82, 2.24) is 5.32 Å². The third-order valence-corrected chi connectivity index (χ3v) is 3.94. The molecule has 0 amide bonds. The number of hydrogen-bond acceptors (Lipinski definition) is 3. The van der Waals surface area contributed by atoms with Crippen molar-refractivity contribution in [2.45, 2.75) is 45.6 Å². The van der Waals surface area contributed by atoms with Gasteiger partial charge in [-0.3, -0.25) is 10.1 Å². The maximum Gasteiger partial charge on any atom is 0.269 e. The molecule has 1 aliphatic carbocycles. The molecule has 4 heteroatoms. The molecule has 1 aliphatic rings. The van der Waals surface area contributed by atoms with E-state index in [9.17, 15) is 10.1 Å². The van der Waals surface area contributed by atoms with Gasteiger partial charge in [-0.1, -0.05) is 32.4 Å². The van der Waals surface area contributed by atoms with Crippen LogP contribution in [-0.2, 0) is 0 Å². The maximum atomic E-state index is 10.8. The van der Waals surface area contributed by atoms with Crippen LogP contribution < -0.4 is 5.32 Å². The summed E-state index contributed by atoms with van der Waals surface area (Å²) in [7, 11) is 0. The van der Waals surface area contributed by atoms with Crippen LogP contribution in [0.15, 0.2) is 24.3 Å². The van der Waals surface area contributed by atoms with Gasteiger partial charge in [0.1, 0.15) is 0 Å². The molecule has 0 radical (unpaired) electrons. The minimum atomic E-state index is -0.325. The van der Waals surface area contributed by atoms with E-state index in [0.29, 0.717) is 5.41 Å². The van der Waals surface area contributed by atoms with Gasteiger partial charge in [0.2, 0.25) is 0 Å². The second-order valence-corrected chi connectivity index (χ2v) is 5.88.